The second-order valence-corrected chi connectivity index (χ2v) is 4.68. The lowest BCUT2D eigenvalue weighted by Crippen LogP contribution is -2.36. The average Bonchev–Trinajstić information content (AvgIpc) is 2.61. The van der Waals surface area contributed by atoms with Gasteiger partial charge < -0.3 is 5.11 Å². The van der Waals surface area contributed by atoms with Crippen molar-refractivity contribution in [2.45, 2.75) is 25.7 Å². The summed E-state index contributed by atoms with van der Waals surface area (Å²) in [4.78, 5) is 34.7. The molecule has 2 rings (SSSR count). The molecule has 5 heteroatoms. The maximum Gasteiger partial charge on any atom is 0.306 e. The zero-order chi connectivity index (χ0) is 12.4. The van der Waals surface area contributed by atoms with E-state index in [1.54, 1.807) is 0 Å². The standard InChI is InChI=1S/C12H15NO4/c14-10-5-6-11(15)13(10)7-8-1-3-9(4-2-8)12(16)17/h5-6,8-9H,1-4,7H2,(H,16,17). The van der Waals surface area contributed by atoms with E-state index in [2.05, 4.69) is 0 Å². The van der Waals surface area contributed by atoms with Crippen LogP contribution in [0.15, 0.2) is 12.2 Å². The lowest BCUT2D eigenvalue weighted by Gasteiger charge is -2.28. The van der Waals surface area contributed by atoms with Crippen LogP contribution in [0.3, 0.4) is 0 Å². The van der Waals surface area contributed by atoms with Crippen LogP contribution < -0.4 is 0 Å². The minimum Gasteiger partial charge on any atom is -0.481 e. The van der Waals surface area contributed by atoms with Gasteiger partial charge >= 0.3 is 5.97 Å². The number of rotatable bonds is 3. The molecule has 1 aliphatic carbocycles. The van der Waals surface area contributed by atoms with E-state index in [9.17, 15) is 14.4 Å². The molecule has 0 atom stereocenters. The number of nitrogens with zero attached hydrogens (tertiary/aromatic N) is 1. The molecule has 17 heavy (non-hydrogen) atoms. The van der Waals surface area contributed by atoms with Crippen molar-refractivity contribution in [2.75, 3.05) is 6.54 Å². The van der Waals surface area contributed by atoms with E-state index in [4.69, 9.17) is 5.11 Å². The van der Waals surface area contributed by atoms with Crippen molar-refractivity contribution in [3.8, 4) is 0 Å². The summed E-state index contributed by atoms with van der Waals surface area (Å²) in [7, 11) is 0. The Balaban J connectivity index is 1.84. The Bertz CT molecular complexity index is 362. The van der Waals surface area contributed by atoms with Crippen LogP contribution in [0.5, 0.6) is 0 Å². The van der Waals surface area contributed by atoms with E-state index in [0.717, 1.165) is 12.8 Å². The number of hydrogen-bond donors (Lipinski definition) is 1. The summed E-state index contributed by atoms with van der Waals surface area (Å²) in [5.41, 5.74) is 0. The highest BCUT2D eigenvalue weighted by molar-refractivity contribution is 6.12. The van der Waals surface area contributed by atoms with Gasteiger partial charge in [-0.2, -0.15) is 0 Å². The van der Waals surface area contributed by atoms with Gasteiger partial charge in [0.15, 0.2) is 0 Å². The van der Waals surface area contributed by atoms with Crippen molar-refractivity contribution in [1.82, 2.24) is 4.90 Å². The monoisotopic (exact) mass is 237 g/mol. The Hall–Kier alpha value is -1.65. The maximum absolute atomic E-state index is 11.4. The first-order valence-corrected chi connectivity index (χ1v) is 5.84. The molecule has 0 saturated heterocycles. The third-order valence-electron chi connectivity index (χ3n) is 3.54. The normalized spacial score (nSPS) is 28.8. The Morgan fingerprint density at radius 3 is 2.18 bits per heavy atom. The highest BCUT2D eigenvalue weighted by Crippen LogP contribution is 2.29. The van der Waals surface area contributed by atoms with Crippen molar-refractivity contribution in [2.24, 2.45) is 11.8 Å². The predicted molar refractivity (Wildman–Crippen MR) is 58.9 cm³/mol. The summed E-state index contributed by atoms with van der Waals surface area (Å²) in [5.74, 6) is -1.25. The molecule has 92 valence electrons. The van der Waals surface area contributed by atoms with Crippen LogP contribution in [0.25, 0.3) is 0 Å². The highest BCUT2D eigenvalue weighted by atomic mass is 16.4. The zero-order valence-electron chi connectivity index (χ0n) is 9.46. The number of amides is 2. The summed E-state index contributed by atoms with van der Waals surface area (Å²) in [6.45, 7) is 0.428. The number of aliphatic carboxylic acids is 1. The molecule has 0 aromatic carbocycles. The van der Waals surface area contributed by atoms with Crippen molar-refractivity contribution >= 4 is 17.8 Å². The summed E-state index contributed by atoms with van der Waals surface area (Å²) in [6, 6.07) is 0. The third-order valence-corrected chi connectivity index (χ3v) is 3.54. The molecule has 0 radical (unpaired) electrons. The molecule has 1 saturated carbocycles. The van der Waals surface area contributed by atoms with E-state index < -0.39 is 5.97 Å². The minimum absolute atomic E-state index is 0.249. The van der Waals surface area contributed by atoms with Crippen LogP contribution in [0.4, 0.5) is 0 Å². The first-order valence-electron chi connectivity index (χ1n) is 5.84. The van der Waals surface area contributed by atoms with E-state index >= 15 is 0 Å². The molecule has 2 amide bonds. The third kappa shape index (κ3) is 2.54. The maximum atomic E-state index is 11.4. The van der Waals surface area contributed by atoms with Gasteiger partial charge in [0, 0.05) is 18.7 Å². The van der Waals surface area contributed by atoms with Gasteiger partial charge in [0.1, 0.15) is 0 Å². The number of carbonyl (C=O) groups excluding carboxylic acids is 2. The van der Waals surface area contributed by atoms with E-state index in [0.29, 0.717) is 19.4 Å². The van der Waals surface area contributed by atoms with Crippen LogP contribution in [0.2, 0.25) is 0 Å². The van der Waals surface area contributed by atoms with Crippen LogP contribution in [-0.4, -0.2) is 34.3 Å². The van der Waals surface area contributed by atoms with Crippen LogP contribution in [0.1, 0.15) is 25.7 Å². The molecule has 0 bridgehead atoms. The summed E-state index contributed by atoms with van der Waals surface area (Å²) >= 11 is 0. The fourth-order valence-corrected chi connectivity index (χ4v) is 2.46. The van der Waals surface area contributed by atoms with Gasteiger partial charge in [-0.3, -0.25) is 19.3 Å². The predicted octanol–water partition coefficient (Wildman–Crippen LogP) is 0.802. The lowest BCUT2D eigenvalue weighted by atomic mass is 9.82. The highest BCUT2D eigenvalue weighted by Gasteiger charge is 2.30. The first-order chi connectivity index (χ1) is 8.08. The first kappa shape index (κ1) is 11.8. The Morgan fingerprint density at radius 1 is 1.18 bits per heavy atom. The smallest absolute Gasteiger partial charge is 0.306 e. The number of carboxylic acids is 1. The van der Waals surface area contributed by atoms with Crippen molar-refractivity contribution in [1.29, 1.82) is 0 Å². The van der Waals surface area contributed by atoms with Gasteiger partial charge in [0.05, 0.1) is 5.92 Å². The van der Waals surface area contributed by atoms with Gasteiger partial charge in [0.2, 0.25) is 0 Å². The van der Waals surface area contributed by atoms with Crippen LogP contribution >= 0.6 is 0 Å². The Labute approximate surface area is 99.1 Å². The van der Waals surface area contributed by atoms with Crippen molar-refractivity contribution in [3.05, 3.63) is 12.2 Å². The number of carboxylic acid groups (broad SMARTS) is 1. The second kappa shape index (κ2) is 4.69. The molecule has 5 nitrogen and oxygen atoms in total. The number of hydrogen-bond acceptors (Lipinski definition) is 3. The molecule has 1 heterocycles. The molecule has 1 aliphatic heterocycles. The molecule has 0 aromatic heterocycles. The lowest BCUT2D eigenvalue weighted by molar-refractivity contribution is -0.144. The van der Waals surface area contributed by atoms with E-state index in [1.807, 2.05) is 0 Å². The van der Waals surface area contributed by atoms with E-state index in [1.165, 1.54) is 17.1 Å². The molecular formula is C12H15NO4. The van der Waals surface area contributed by atoms with Crippen molar-refractivity contribution < 1.29 is 19.5 Å². The van der Waals surface area contributed by atoms with Gasteiger partial charge in [0.25, 0.3) is 11.8 Å². The number of imide groups is 1. The molecule has 1 N–H and O–H groups in total. The minimum atomic E-state index is -0.738. The summed E-state index contributed by atoms with van der Waals surface area (Å²) in [5, 5.41) is 8.86. The fourth-order valence-electron chi connectivity index (χ4n) is 2.46. The molecular weight excluding hydrogens is 222 g/mol. The Kier molecular flexibility index (Phi) is 3.26. The fraction of sp³-hybridized carbons (Fsp3) is 0.583. The number of carbonyl (C=O) groups is 3. The average molecular weight is 237 g/mol. The van der Waals surface area contributed by atoms with Crippen LogP contribution in [-0.2, 0) is 14.4 Å². The summed E-state index contributed by atoms with van der Waals surface area (Å²) in [6.07, 6.45) is 5.39. The zero-order valence-corrected chi connectivity index (χ0v) is 9.46. The largest absolute Gasteiger partial charge is 0.481 e. The molecule has 0 aromatic rings. The quantitative estimate of drug-likeness (QED) is 0.737. The van der Waals surface area contributed by atoms with Gasteiger partial charge in [-0.05, 0) is 31.6 Å². The molecule has 2 aliphatic rings. The SMILES string of the molecule is O=C(O)C1CCC(CN2C(=O)C=CC2=O)CC1. The van der Waals surface area contributed by atoms with Gasteiger partial charge in [-0.1, -0.05) is 0 Å². The van der Waals surface area contributed by atoms with Gasteiger partial charge in [-0.25, -0.2) is 0 Å². The molecule has 0 spiro atoms. The second-order valence-electron chi connectivity index (χ2n) is 4.68. The summed E-state index contributed by atoms with van der Waals surface area (Å²) < 4.78 is 0. The van der Waals surface area contributed by atoms with Gasteiger partial charge in [-0.15, -0.1) is 0 Å². The topological polar surface area (TPSA) is 74.7 Å². The molecule has 1 fully saturated rings. The van der Waals surface area contributed by atoms with E-state index in [-0.39, 0.29) is 23.7 Å². The molecule has 0 unspecified atom stereocenters. The van der Waals surface area contributed by atoms with Crippen molar-refractivity contribution in [3.63, 3.8) is 0 Å². The Morgan fingerprint density at radius 2 is 1.71 bits per heavy atom. The van der Waals surface area contributed by atoms with Crippen LogP contribution in [0, 0.1) is 11.8 Å².